The Labute approximate surface area is 184 Å². The Morgan fingerprint density at radius 1 is 0.367 bits per heavy atom. The fourth-order valence-corrected chi connectivity index (χ4v) is 6.92. The van der Waals surface area contributed by atoms with Gasteiger partial charge in [0.2, 0.25) is 0 Å². The highest BCUT2D eigenvalue weighted by molar-refractivity contribution is 6.35. The number of amides is 2. The molecule has 2 amide bonds. The number of rotatable bonds is 4. The maximum Gasteiger partial charge on any atom is 0.312 e. The molecule has 0 heterocycles. The van der Waals surface area contributed by atoms with Crippen molar-refractivity contribution in [3.8, 4) is 0 Å². The molecule has 0 aliphatic heterocycles. The summed E-state index contributed by atoms with van der Waals surface area (Å²) in [6.45, 7) is 0. The van der Waals surface area contributed by atoms with E-state index in [9.17, 15) is 9.59 Å². The van der Waals surface area contributed by atoms with E-state index in [0.717, 1.165) is 51.4 Å². The molecule has 30 heavy (non-hydrogen) atoms. The van der Waals surface area contributed by atoms with E-state index >= 15 is 0 Å². The summed E-state index contributed by atoms with van der Waals surface area (Å²) in [7, 11) is 0. The monoisotopic (exact) mass is 416 g/mol. The van der Waals surface area contributed by atoms with Gasteiger partial charge < -0.3 is 9.80 Å². The second-order valence-electron chi connectivity index (χ2n) is 10.6. The van der Waals surface area contributed by atoms with Gasteiger partial charge in [0.25, 0.3) is 0 Å². The summed E-state index contributed by atoms with van der Waals surface area (Å²) in [5, 5.41) is 0. The van der Waals surface area contributed by atoms with E-state index in [1.165, 1.54) is 77.0 Å². The van der Waals surface area contributed by atoms with Crippen LogP contribution in [-0.2, 0) is 9.59 Å². The molecular weight excluding hydrogens is 372 g/mol. The lowest BCUT2D eigenvalue weighted by molar-refractivity contribution is -0.160. The van der Waals surface area contributed by atoms with Crippen LogP contribution in [0.4, 0.5) is 0 Å². The van der Waals surface area contributed by atoms with Crippen molar-refractivity contribution in [2.75, 3.05) is 0 Å². The number of hydrogen-bond acceptors (Lipinski definition) is 2. The Bertz CT molecular complexity index is 467. The van der Waals surface area contributed by atoms with Crippen molar-refractivity contribution in [2.45, 2.75) is 153 Å². The normalized spacial score (nSPS) is 25.7. The van der Waals surface area contributed by atoms with Crippen molar-refractivity contribution in [2.24, 2.45) is 0 Å². The Morgan fingerprint density at radius 2 is 0.567 bits per heavy atom. The van der Waals surface area contributed by atoms with E-state index in [2.05, 4.69) is 9.80 Å². The van der Waals surface area contributed by atoms with E-state index in [4.69, 9.17) is 0 Å². The van der Waals surface area contributed by atoms with Crippen LogP contribution >= 0.6 is 0 Å². The van der Waals surface area contributed by atoms with Crippen LogP contribution in [0.25, 0.3) is 0 Å². The number of nitrogens with zero attached hydrogens (tertiary/aromatic N) is 2. The van der Waals surface area contributed by atoms with Gasteiger partial charge in [-0.1, -0.05) is 77.0 Å². The smallest absolute Gasteiger partial charge is 0.312 e. The van der Waals surface area contributed by atoms with Crippen molar-refractivity contribution in [3.63, 3.8) is 0 Å². The number of carbonyl (C=O) groups is 2. The van der Waals surface area contributed by atoms with Gasteiger partial charge in [0.1, 0.15) is 0 Å². The van der Waals surface area contributed by atoms with Crippen LogP contribution in [0, 0.1) is 0 Å². The molecule has 0 N–H and O–H groups in total. The predicted molar refractivity (Wildman–Crippen MR) is 121 cm³/mol. The fraction of sp³-hybridized carbons (Fsp3) is 0.923. The molecule has 0 radical (unpaired) electrons. The lowest BCUT2D eigenvalue weighted by Crippen LogP contribution is -2.58. The van der Waals surface area contributed by atoms with E-state index in [1.807, 2.05) is 0 Å². The molecule has 0 unspecified atom stereocenters. The minimum absolute atomic E-state index is 0.134. The van der Waals surface area contributed by atoms with Gasteiger partial charge >= 0.3 is 11.8 Å². The minimum atomic E-state index is -0.134. The summed E-state index contributed by atoms with van der Waals surface area (Å²) in [6, 6.07) is 1.21. The van der Waals surface area contributed by atoms with Gasteiger partial charge in [0.05, 0.1) is 0 Å². The predicted octanol–water partition coefficient (Wildman–Crippen LogP) is 5.97. The first-order valence-corrected chi connectivity index (χ1v) is 13.4. The van der Waals surface area contributed by atoms with Crippen LogP contribution in [0.1, 0.15) is 128 Å². The van der Waals surface area contributed by atoms with Gasteiger partial charge in [-0.3, -0.25) is 9.59 Å². The molecule has 4 fully saturated rings. The van der Waals surface area contributed by atoms with E-state index in [1.54, 1.807) is 0 Å². The zero-order chi connectivity index (χ0) is 20.8. The average molecular weight is 417 g/mol. The van der Waals surface area contributed by atoms with E-state index < -0.39 is 0 Å². The lowest BCUT2D eigenvalue weighted by Gasteiger charge is -2.45. The molecule has 0 atom stereocenters. The van der Waals surface area contributed by atoms with Crippen LogP contribution in [0.2, 0.25) is 0 Å². The highest BCUT2D eigenvalue weighted by atomic mass is 16.2. The second kappa shape index (κ2) is 11.0. The van der Waals surface area contributed by atoms with Crippen molar-refractivity contribution in [1.82, 2.24) is 9.80 Å². The molecule has 4 aliphatic rings. The molecule has 0 aromatic carbocycles. The van der Waals surface area contributed by atoms with Crippen molar-refractivity contribution in [1.29, 1.82) is 0 Å². The first-order valence-electron chi connectivity index (χ1n) is 13.4. The standard InChI is InChI=1S/C26H44N2O2/c29-25(27(21-13-5-1-6-14-21)22-15-7-2-8-16-22)26(30)28(23-17-9-3-10-18-23)24-19-11-4-12-20-24/h21-24H,1-20H2. The summed E-state index contributed by atoms with van der Waals surface area (Å²) in [6.07, 6.45) is 23.6. The van der Waals surface area contributed by atoms with Crippen LogP contribution in [0.5, 0.6) is 0 Å². The Balaban J connectivity index is 1.55. The van der Waals surface area contributed by atoms with Crippen molar-refractivity contribution >= 4 is 11.8 Å². The zero-order valence-electron chi connectivity index (χ0n) is 19.2. The maximum absolute atomic E-state index is 13.9. The fourth-order valence-electron chi connectivity index (χ4n) is 6.92. The van der Waals surface area contributed by atoms with Crippen LogP contribution in [-0.4, -0.2) is 45.8 Å². The molecule has 4 rings (SSSR count). The van der Waals surface area contributed by atoms with Gasteiger partial charge in [-0.15, -0.1) is 0 Å². The van der Waals surface area contributed by atoms with Crippen LogP contribution in [0.3, 0.4) is 0 Å². The third kappa shape index (κ3) is 5.22. The molecule has 0 aromatic rings. The van der Waals surface area contributed by atoms with Gasteiger partial charge in [-0.05, 0) is 51.4 Å². The summed E-state index contributed by atoms with van der Waals surface area (Å²) in [5.41, 5.74) is 0. The molecular formula is C26H44N2O2. The first-order chi connectivity index (χ1) is 14.8. The minimum Gasteiger partial charge on any atom is -0.328 e. The molecule has 0 aromatic heterocycles. The molecule has 4 saturated carbocycles. The quantitative estimate of drug-likeness (QED) is 0.529. The summed E-state index contributed by atoms with van der Waals surface area (Å²) in [4.78, 5) is 32.1. The molecule has 170 valence electrons. The van der Waals surface area contributed by atoms with Gasteiger partial charge in [0, 0.05) is 24.2 Å². The van der Waals surface area contributed by atoms with Gasteiger partial charge in [0.15, 0.2) is 0 Å². The summed E-state index contributed by atoms with van der Waals surface area (Å²) in [5.74, 6) is -0.269. The summed E-state index contributed by atoms with van der Waals surface area (Å²) < 4.78 is 0. The number of hydrogen-bond donors (Lipinski definition) is 0. The molecule has 4 aliphatic carbocycles. The highest BCUT2D eigenvalue weighted by Gasteiger charge is 2.41. The average Bonchev–Trinajstić information content (AvgIpc) is 2.82. The third-order valence-electron chi connectivity index (χ3n) is 8.52. The van der Waals surface area contributed by atoms with Crippen molar-refractivity contribution < 1.29 is 9.59 Å². The molecule has 0 spiro atoms. The first kappa shape index (κ1) is 22.1. The molecule has 0 bridgehead atoms. The Morgan fingerprint density at radius 3 is 0.767 bits per heavy atom. The second-order valence-corrected chi connectivity index (χ2v) is 10.6. The maximum atomic E-state index is 13.9. The molecule has 4 nitrogen and oxygen atoms in total. The lowest BCUT2D eigenvalue weighted by atomic mass is 9.87. The van der Waals surface area contributed by atoms with Crippen molar-refractivity contribution in [3.05, 3.63) is 0 Å². The van der Waals surface area contributed by atoms with E-state index in [0.29, 0.717) is 24.2 Å². The third-order valence-corrected chi connectivity index (χ3v) is 8.52. The Hall–Kier alpha value is -1.06. The van der Waals surface area contributed by atoms with Crippen LogP contribution in [0.15, 0.2) is 0 Å². The zero-order valence-corrected chi connectivity index (χ0v) is 19.2. The molecule has 0 saturated heterocycles. The van der Waals surface area contributed by atoms with Crippen LogP contribution < -0.4 is 0 Å². The summed E-state index contributed by atoms with van der Waals surface area (Å²) >= 11 is 0. The van der Waals surface area contributed by atoms with Gasteiger partial charge in [-0.25, -0.2) is 0 Å². The topological polar surface area (TPSA) is 40.6 Å². The SMILES string of the molecule is O=C(C(=O)N(C1CCCCC1)C1CCCCC1)N(C1CCCCC1)C1CCCCC1. The molecule has 4 heteroatoms. The largest absolute Gasteiger partial charge is 0.328 e. The van der Waals surface area contributed by atoms with Gasteiger partial charge in [-0.2, -0.15) is 0 Å². The number of carbonyl (C=O) groups excluding carboxylic acids is 2. The van der Waals surface area contributed by atoms with E-state index in [-0.39, 0.29) is 11.8 Å². The Kier molecular flexibility index (Phi) is 8.12. The highest BCUT2D eigenvalue weighted by Crippen LogP contribution is 2.34.